The minimum Gasteiger partial charge on any atom is -0.327 e. The summed E-state index contributed by atoms with van der Waals surface area (Å²) in [5.41, 5.74) is -0.0781. The van der Waals surface area contributed by atoms with Crippen molar-refractivity contribution >= 4 is 33.0 Å². The molecule has 56 valence electrons. The molecule has 2 aromatic rings. The van der Waals surface area contributed by atoms with E-state index in [2.05, 4.69) is 4.98 Å². The number of halogens is 1. The molecule has 1 N–H and O–H groups in total. The number of nitrogens with one attached hydrogen (secondary N) is 1. The summed E-state index contributed by atoms with van der Waals surface area (Å²) < 4.78 is 0.857. The molecule has 0 aromatic carbocycles. The van der Waals surface area contributed by atoms with E-state index in [1.807, 2.05) is 5.38 Å². The molecule has 0 radical (unpaired) electrons. The lowest BCUT2D eigenvalue weighted by molar-refractivity contribution is 1.28. The van der Waals surface area contributed by atoms with Crippen LogP contribution < -0.4 is 5.56 Å². The molecule has 2 aromatic heterocycles. The molecule has 0 aliphatic carbocycles. The lowest BCUT2D eigenvalue weighted by atomic mass is 10.3. The van der Waals surface area contributed by atoms with Crippen LogP contribution in [0.15, 0.2) is 22.4 Å². The molecule has 0 aliphatic rings. The number of hydrogen-bond donors (Lipinski definition) is 1. The van der Waals surface area contributed by atoms with Gasteiger partial charge in [0.25, 0.3) is 5.56 Å². The van der Waals surface area contributed by atoms with E-state index in [1.165, 1.54) is 17.5 Å². The minimum absolute atomic E-state index is 0.0781. The fourth-order valence-corrected chi connectivity index (χ4v) is 2.03. The van der Waals surface area contributed by atoms with Crippen molar-refractivity contribution in [3.05, 3.63) is 33.0 Å². The van der Waals surface area contributed by atoms with Crippen LogP contribution in [0.3, 0.4) is 0 Å². The Labute approximate surface area is 71.4 Å². The normalized spacial score (nSPS) is 10.6. The van der Waals surface area contributed by atoms with Gasteiger partial charge in [0.2, 0.25) is 0 Å². The van der Waals surface area contributed by atoms with Crippen LogP contribution in [0, 0.1) is 0 Å². The van der Waals surface area contributed by atoms with Crippen molar-refractivity contribution < 1.29 is 0 Å². The van der Waals surface area contributed by atoms with Gasteiger partial charge < -0.3 is 4.98 Å². The first-order valence-electron chi connectivity index (χ1n) is 3.03. The predicted molar refractivity (Wildman–Crippen MR) is 47.5 cm³/mol. The third-order valence-corrected chi connectivity index (χ3v) is 2.81. The third-order valence-electron chi connectivity index (χ3n) is 1.46. The highest BCUT2D eigenvalue weighted by atomic mass is 35.5. The number of pyridine rings is 1. The van der Waals surface area contributed by atoms with Crippen LogP contribution in [-0.2, 0) is 0 Å². The summed E-state index contributed by atoms with van der Waals surface area (Å²) in [6.45, 7) is 0. The highest BCUT2D eigenvalue weighted by molar-refractivity contribution is 7.17. The van der Waals surface area contributed by atoms with E-state index in [-0.39, 0.29) is 5.56 Å². The van der Waals surface area contributed by atoms with E-state index < -0.39 is 0 Å². The smallest absolute Gasteiger partial charge is 0.256 e. The van der Waals surface area contributed by atoms with Gasteiger partial charge in [-0.2, -0.15) is 0 Å². The van der Waals surface area contributed by atoms with Crippen molar-refractivity contribution in [2.24, 2.45) is 0 Å². The first-order valence-corrected chi connectivity index (χ1v) is 4.29. The topological polar surface area (TPSA) is 32.9 Å². The summed E-state index contributed by atoms with van der Waals surface area (Å²) in [5.74, 6) is 0. The van der Waals surface area contributed by atoms with E-state index in [0.29, 0.717) is 10.4 Å². The Morgan fingerprint density at radius 1 is 1.55 bits per heavy atom. The molecule has 2 nitrogen and oxygen atoms in total. The van der Waals surface area contributed by atoms with Gasteiger partial charge in [0.05, 0.1) is 15.1 Å². The molecule has 0 saturated heterocycles. The molecule has 0 aliphatic heterocycles. The van der Waals surface area contributed by atoms with Gasteiger partial charge in [-0.15, -0.1) is 11.3 Å². The number of aromatic nitrogens is 1. The lowest BCUT2D eigenvalue weighted by Crippen LogP contribution is -2.02. The van der Waals surface area contributed by atoms with Gasteiger partial charge in [0, 0.05) is 6.20 Å². The van der Waals surface area contributed by atoms with Crippen LogP contribution in [0.1, 0.15) is 0 Å². The summed E-state index contributed by atoms with van der Waals surface area (Å²) in [4.78, 5) is 13.6. The molecule has 0 unspecified atom stereocenters. The molecule has 0 spiro atoms. The Morgan fingerprint density at radius 3 is 3.09 bits per heavy atom. The second kappa shape index (κ2) is 2.36. The average Bonchev–Trinajstić information content (AvgIpc) is 2.45. The van der Waals surface area contributed by atoms with Crippen LogP contribution in [0.25, 0.3) is 10.1 Å². The summed E-state index contributed by atoms with van der Waals surface area (Å²) in [6, 6.07) is 1.77. The second-order valence-electron chi connectivity index (χ2n) is 2.13. The zero-order valence-electron chi connectivity index (χ0n) is 5.43. The van der Waals surface area contributed by atoms with E-state index in [1.54, 1.807) is 6.07 Å². The monoisotopic (exact) mass is 185 g/mol. The van der Waals surface area contributed by atoms with Crippen LogP contribution in [0.4, 0.5) is 0 Å². The van der Waals surface area contributed by atoms with Crippen LogP contribution in [-0.4, -0.2) is 4.98 Å². The molecular formula is C7H4ClNOS. The number of thiophene rings is 1. The highest BCUT2D eigenvalue weighted by Crippen LogP contribution is 2.24. The Bertz CT molecular complexity index is 445. The number of H-pyrrole nitrogens is 1. The largest absolute Gasteiger partial charge is 0.327 e. The molecule has 0 atom stereocenters. The number of rotatable bonds is 0. The molecule has 0 saturated carbocycles. The molecule has 4 heteroatoms. The summed E-state index contributed by atoms with van der Waals surface area (Å²) in [7, 11) is 0. The van der Waals surface area contributed by atoms with E-state index in [9.17, 15) is 4.79 Å². The summed E-state index contributed by atoms with van der Waals surface area (Å²) in [5, 5.41) is 3.13. The average molecular weight is 186 g/mol. The highest BCUT2D eigenvalue weighted by Gasteiger charge is 2.02. The number of aromatic amines is 1. The number of fused-ring (bicyclic) bond motifs is 1. The van der Waals surface area contributed by atoms with E-state index in [4.69, 9.17) is 11.6 Å². The first-order chi connectivity index (χ1) is 5.29. The van der Waals surface area contributed by atoms with E-state index >= 15 is 0 Å². The fraction of sp³-hybridized carbons (Fsp3) is 0. The molecule has 0 bridgehead atoms. The summed E-state index contributed by atoms with van der Waals surface area (Å²) >= 11 is 7.29. The minimum atomic E-state index is -0.0781. The first kappa shape index (κ1) is 6.88. The van der Waals surface area contributed by atoms with Crippen molar-refractivity contribution in [2.75, 3.05) is 0 Å². The van der Waals surface area contributed by atoms with Crippen LogP contribution >= 0.6 is 22.9 Å². The quantitative estimate of drug-likeness (QED) is 0.671. The Kier molecular flexibility index (Phi) is 1.47. The molecule has 2 heterocycles. The Morgan fingerprint density at radius 2 is 2.36 bits per heavy atom. The predicted octanol–water partition coefficient (Wildman–Crippen LogP) is 2.24. The molecular weight excluding hydrogens is 182 g/mol. The van der Waals surface area contributed by atoms with Gasteiger partial charge in [0.1, 0.15) is 0 Å². The second-order valence-corrected chi connectivity index (χ2v) is 3.45. The van der Waals surface area contributed by atoms with Crippen LogP contribution in [0.5, 0.6) is 0 Å². The van der Waals surface area contributed by atoms with Crippen molar-refractivity contribution in [3.8, 4) is 0 Å². The van der Waals surface area contributed by atoms with Gasteiger partial charge in [0.15, 0.2) is 0 Å². The van der Waals surface area contributed by atoms with Crippen molar-refractivity contribution in [2.45, 2.75) is 0 Å². The van der Waals surface area contributed by atoms with E-state index in [0.717, 1.165) is 4.70 Å². The maximum Gasteiger partial charge on any atom is 0.256 e. The van der Waals surface area contributed by atoms with Crippen molar-refractivity contribution in [1.29, 1.82) is 0 Å². The summed E-state index contributed by atoms with van der Waals surface area (Å²) in [6.07, 6.45) is 1.52. The SMILES string of the molecule is O=c1[nH]cc(Cl)c2sccc12. The van der Waals surface area contributed by atoms with Crippen LogP contribution in [0.2, 0.25) is 5.02 Å². The fourth-order valence-electron chi connectivity index (χ4n) is 0.945. The molecule has 0 fully saturated rings. The zero-order valence-corrected chi connectivity index (χ0v) is 7.00. The Balaban J connectivity index is 3.08. The number of hydrogen-bond acceptors (Lipinski definition) is 2. The third kappa shape index (κ3) is 0.968. The lowest BCUT2D eigenvalue weighted by Gasteiger charge is -1.89. The van der Waals surface area contributed by atoms with Gasteiger partial charge in [-0.1, -0.05) is 11.6 Å². The van der Waals surface area contributed by atoms with Gasteiger partial charge >= 0.3 is 0 Å². The maximum absolute atomic E-state index is 11.1. The molecule has 11 heavy (non-hydrogen) atoms. The van der Waals surface area contributed by atoms with Crippen molar-refractivity contribution in [3.63, 3.8) is 0 Å². The maximum atomic E-state index is 11.1. The standard InChI is InChI=1S/C7H4ClNOS/c8-5-3-9-7(10)4-1-2-11-6(4)5/h1-3H,(H,9,10). The molecule has 2 rings (SSSR count). The Hall–Kier alpha value is -0.800. The zero-order chi connectivity index (χ0) is 7.84. The van der Waals surface area contributed by atoms with Gasteiger partial charge in [-0.25, -0.2) is 0 Å². The van der Waals surface area contributed by atoms with Crippen molar-refractivity contribution in [1.82, 2.24) is 4.98 Å². The van der Waals surface area contributed by atoms with Gasteiger partial charge in [-0.05, 0) is 11.4 Å². The van der Waals surface area contributed by atoms with Gasteiger partial charge in [-0.3, -0.25) is 4.79 Å². The molecule has 0 amide bonds.